The van der Waals surface area contributed by atoms with E-state index in [4.69, 9.17) is 9.15 Å². The first-order valence-electron chi connectivity index (χ1n) is 10.7. The van der Waals surface area contributed by atoms with Gasteiger partial charge in [-0.15, -0.1) is 0 Å². The molecule has 1 fully saturated rings. The summed E-state index contributed by atoms with van der Waals surface area (Å²) in [4.78, 5) is 13.8. The molecular formula is C24H19F4N5O2. The molecule has 0 aliphatic carbocycles. The highest BCUT2D eigenvalue weighted by Gasteiger charge is 2.32. The first kappa shape index (κ1) is 22.8. The number of anilines is 3. The molecule has 0 saturated carbocycles. The summed E-state index contributed by atoms with van der Waals surface area (Å²) >= 11 is 0. The highest BCUT2D eigenvalue weighted by Crippen LogP contribution is 2.36. The first-order valence-corrected chi connectivity index (χ1v) is 10.7. The van der Waals surface area contributed by atoms with Gasteiger partial charge in [-0.2, -0.15) is 13.2 Å². The second-order valence-corrected chi connectivity index (χ2v) is 7.82. The zero-order valence-electron chi connectivity index (χ0n) is 18.2. The maximum absolute atomic E-state index is 14.7. The molecule has 3 heterocycles. The van der Waals surface area contributed by atoms with Crippen molar-refractivity contribution in [3.05, 3.63) is 72.6 Å². The van der Waals surface area contributed by atoms with E-state index in [-0.39, 0.29) is 17.2 Å². The second-order valence-electron chi connectivity index (χ2n) is 7.82. The third kappa shape index (κ3) is 5.09. The van der Waals surface area contributed by atoms with Crippen LogP contribution in [-0.2, 0) is 10.9 Å². The third-order valence-electron chi connectivity index (χ3n) is 5.50. The van der Waals surface area contributed by atoms with Gasteiger partial charge in [0.2, 0.25) is 5.95 Å². The van der Waals surface area contributed by atoms with Crippen molar-refractivity contribution in [2.24, 2.45) is 0 Å². The summed E-state index contributed by atoms with van der Waals surface area (Å²) < 4.78 is 66.2. The van der Waals surface area contributed by atoms with Crippen molar-refractivity contribution in [2.45, 2.75) is 6.18 Å². The molecule has 0 bridgehead atoms. The number of ether oxygens (including phenoxy) is 1. The molecule has 1 N–H and O–H groups in total. The van der Waals surface area contributed by atoms with Crippen LogP contribution < -0.4 is 10.2 Å². The van der Waals surface area contributed by atoms with E-state index in [9.17, 15) is 17.6 Å². The van der Waals surface area contributed by atoms with Gasteiger partial charge in [0.1, 0.15) is 5.69 Å². The van der Waals surface area contributed by atoms with E-state index in [1.165, 1.54) is 12.5 Å². The van der Waals surface area contributed by atoms with Crippen molar-refractivity contribution in [1.29, 1.82) is 0 Å². The fourth-order valence-electron chi connectivity index (χ4n) is 3.75. The minimum absolute atomic E-state index is 0.00457. The minimum Gasteiger partial charge on any atom is -0.444 e. The summed E-state index contributed by atoms with van der Waals surface area (Å²) in [6.45, 7) is 1.67. The molecule has 0 unspecified atom stereocenters. The monoisotopic (exact) mass is 485 g/mol. The topological polar surface area (TPSA) is 76.3 Å². The summed E-state index contributed by atoms with van der Waals surface area (Å²) in [5.74, 6) is -0.194. The minimum atomic E-state index is -4.60. The number of nitrogens with one attached hydrogen (secondary N) is 1. The molecule has 180 valence electrons. The third-order valence-corrected chi connectivity index (χ3v) is 5.50. The fraction of sp³-hybridized carbons (Fsp3) is 0.208. The molecule has 1 aliphatic rings. The number of morpholine rings is 1. The van der Waals surface area contributed by atoms with E-state index >= 15 is 0 Å². The number of hydrogen-bond donors (Lipinski definition) is 1. The van der Waals surface area contributed by atoms with Gasteiger partial charge in [-0.1, -0.05) is 0 Å². The fourth-order valence-corrected chi connectivity index (χ4v) is 3.75. The molecule has 2 aromatic heterocycles. The zero-order chi connectivity index (χ0) is 24.4. The van der Waals surface area contributed by atoms with Crippen LogP contribution in [0.5, 0.6) is 0 Å². The van der Waals surface area contributed by atoms with E-state index < -0.39 is 17.6 Å². The molecule has 1 aliphatic heterocycles. The van der Waals surface area contributed by atoms with Crippen LogP contribution in [0.3, 0.4) is 0 Å². The maximum atomic E-state index is 14.7. The Kier molecular flexibility index (Phi) is 6.08. The van der Waals surface area contributed by atoms with E-state index in [1.807, 2.05) is 0 Å². The molecule has 1 saturated heterocycles. The lowest BCUT2D eigenvalue weighted by atomic mass is 10.0. The molecule has 0 radical (unpaired) electrons. The van der Waals surface area contributed by atoms with Crippen LogP contribution in [0.4, 0.5) is 34.9 Å². The first-order chi connectivity index (χ1) is 16.9. The van der Waals surface area contributed by atoms with Gasteiger partial charge >= 0.3 is 6.18 Å². The number of nitrogens with zero attached hydrogens (tertiary/aromatic N) is 4. The zero-order valence-corrected chi connectivity index (χ0v) is 18.2. The summed E-state index contributed by atoms with van der Waals surface area (Å²) in [5, 5.41) is 2.95. The van der Waals surface area contributed by atoms with E-state index in [1.54, 1.807) is 35.4 Å². The van der Waals surface area contributed by atoms with Crippen molar-refractivity contribution in [3.8, 4) is 22.6 Å². The molecule has 4 aromatic rings. The molecule has 2 aromatic carbocycles. The van der Waals surface area contributed by atoms with Gasteiger partial charge in [0, 0.05) is 35.6 Å². The van der Waals surface area contributed by atoms with Gasteiger partial charge in [0.15, 0.2) is 18.0 Å². The Morgan fingerprint density at radius 2 is 1.71 bits per heavy atom. The van der Waals surface area contributed by atoms with Crippen LogP contribution in [0, 0.1) is 5.82 Å². The lowest BCUT2D eigenvalue weighted by Crippen LogP contribution is -2.36. The summed E-state index contributed by atoms with van der Waals surface area (Å²) in [6, 6.07) is 10.5. The number of oxazole rings is 1. The van der Waals surface area contributed by atoms with Gasteiger partial charge in [0.25, 0.3) is 0 Å². The smallest absolute Gasteiger partial charge is 0.416 e. The Balaban J connectivity index is 1.47. The largest absolute Gasteiger partial charge is 0.444 e. The predicted molar refractivity (Wildman–Crippen MR) is 121 cm³/mol. The molecule has 0 amide bonds. The summed E-state index contributed by atoms with van der Waals surface area (Å²) in [5.41, 5.74) is 0.615. The van der Waals surface area contributed by atoms with Crippen LogP contribution in [0.1, 0.15) is 5.56 Å². The highest BCUT2D eigenvalue weighted by molar-refractivity contribution is 5.70. The lowest BCUT2D eigenvalue weighted by Gasteiger charge is -2.29. The Bertz CT molecular complexity index is 1300. The molecule has 5 rings (SSSR count). The average molecular weight is 485 g/mol. The van der Waals surface area contributed by atoms with Crippen LogP contribution in [0.15, 0.2) is 65.7 Å². The molecule has 0 atom stereocenters. The van der Waals surface area contributed by atoms with Crippen LogP contribution in [0.2, 0.25) is 0 Å². The standard InChI is InChI=1S/C24H19F4N5O2/c25-20-12-30-23(31-18-3-1-15(2-4-18)21-13-29-14-35-21)32-22(20)16-9-17(24(26,27)28)11-19(10-16)33-5-7-34-8-6-33/h1-4,9-14H,5-8H2,(H,30,31,32). The lowest BCUT2D eigenvalue weighted by molar-refractivity contribution is -0.137. The van der Waals surface area contributed by atoms with Crippen molar-refractivity contribution in [2.75, 3.05) is 36.5 Å². The van der Waals surface area contributed by atoms with Crippen molar-refractivity contribution >= 4 is 17.3 Å². The van der Waals surface area contributed by atoms with Gasteiger partial charge in [0.05, 0.1) is 31.2 Å². The molecule has 35 heavy (non-hydrogen) atoms. The predicted octanol–water partition coefficient (Wildman–Crippen LogP) is 5.54. The summed E-state index contributed by atoms with van der Waals surface area (Å²) in [7, 11) is 0. The van der Waals surface area contributed by atoms with Crippen LogP contribution in [-0.4, -0.2) is 41.3 Å². The van der Waals surface area contributed by atoms with Crippen molar-refractivity contribution < 1.29 is 26.7 Å². The highest BCUT2D eigenvalue weighted by atomic mass is 19.4. The van der Waals surface area contributed by atoms with Crippen LogP contribution in [0.25, 0.3) is 22.6 Å². The van der Waals surface area contributed by atoms with Gasteiger partial charge in [-0.05, 0) is 42.5 Å². The summed E-state index contributed by atoms with van der Waals surface area (Å²) in [6.07, 6.45) is -0.763. The average Bonchev–Trinajstić information content (AvgIpc) is 3.40. The molecule has 7 nitrogen and oxygen atoms in total. The van der Waals surface area contributed by atoms with E-state index in [0.29, 0.717) is 43.4 Å². The van der Waals surface area contributed by atoms with Gasteiger partial charge < -0.3 is 19.4 Å². The van der Waals surface area contributed by atoms with Crippen molar-refractivity contribution in [1.82, 2.24) is 15.0 Å². The Hall–Kier alpha value is -3.99. The maximum Gasteiger partial charge on any atom is 0.416 e. The Labute approximate surface area is 197 Å². The van der Waals surface area contributed by atoms with Gasteiger partial charge in [-0.3, -0.25) is 0 Å². The van der Waals surface area contributed by atoms with Gasteiger partial charge in [-0.25, -0.2) is 19.3 Å². The SMILES string of the molecule is Fc1cnc(Nc2ccc(-c3cnco3)cc2)nc1-c1cc(N2CCOCC2)cc(C(F)(F)F)c1. The molecular weight excluding hydrogens is 466 g/mol. The Morgan fingerprint density at radius 3 is 2.40 bits per heavy atom. The Morgan fingerprint density at radius 1 is 0.943 bits per heavy atom. The van der Waals surface area contributed by atoms with Crippen molar-refractivity contribution in [3.63, 3.8) is 0 Å². The number of rotatable bonds is 5. The number of hydrogen-bond acceptors (Lipinski definition) is 7. The number of aromatic nitrogens is 3. The van der Waals surface area contributed by atoms with E-state index in [2.05, 4.69) is 20.3 Å². The normalized spacial score (nSPS) is 14.2. The van der Waals surface area contributed by atoms with Crippen LogP contribution >= 0.6 is 0 Å². The number of halogens is 4. The quantitative estimate of drug-likeness (QED) is 0.372. The number of alkyl halides is 3. The van der Waals surface area contributed by atoms with E-state index in [0.717, 1.165) is 23.9 Å². The number of benzene rings is 2. The molecule has 11 heteroatoms. The second kappa shape index (κ2) is 9.34. The molecule has 0 spiro atoms.